The van der Waals surface area contributed by atoms with Crippen molar-refractivity contribution in [1.82, 2.24) is 4.90 Å². The maximum atomic E-state index is 6.17. The van der Waals surface area contributed by atoms with Crippen LogP contribution >= 0.6 is 0 Å². The zero-order valence-corrected chi connectivity index (χ0v) is 13.7. The average molecular weight is 286 g/mol. The molecule has 0 atom stereocenters. The molecule has 0 aromatic heterocycles. The van der Waals surface area contributed by atoms with E-state index in [0.717, 1.165) is 52.0 Å². The Morgan fingerprint density at radius 1 is 1.05 bits per heavy atom. The third kappa shape index (κ3) is 5.32. The minimum Gasteiger partial charge on any atom is -0.380 e. The van der Waals surface area contributed by atoms with E-state index in [0.29, 0.717) is 0 Å². The molecule has 0 radical (unpaired) electrons. The first-order valence-corrected chi connectivity index (χ1v) is 8.29. The van der Waals surface area contributed by atoms with Gasteiger partial charge in [-0.25, -0.2) is 0 Å². The van der Waals surface area contributed by atoms with Crippen molar-refractivity contribution in [1.29, 1.82) is 0 Å². The van der Waals surface area contributed by atoms with Gasteiger partial charge in [0.15, 0.2) is 0 Å². The van der Waals surface area contributed by atoms with E-state index < -0.39 is 0 Å². The van der Waals surface area contributed by atoms with Crippen molar-refractivity contribution < 1.29 is 9.47 Å². The SMILES string of the molecule is CCOCCN(CCOCC)C1(CN)CCC(C)CC1. The van der Waals surface area contributed by atoms with E-state index in [4.69, 9.17) is 15.2 Å². The van der Waals surface area contributed by atoms with Crippen LogP contribution in [0.15, 0.2) is 0 Å². The van der Waals surface area contributed by atoms with Crippen molar-refractivity contribution in [3.8, 4) is 0 Å². The van der Waals surface area contributed by atoms with Crippen LogP contribution in [-0.4, -0.2) is 56.5 Å². The van der Waals surface area contributed by atoms with E-state index in [2.05, 4.69) is 11.8 Å². The number of nitrogens with two attached hydrogens (primary N) is 1. The minimum atomic E-state index is 0.167. The standard InChI is InChI=1S/C16H34N2O2/c1-4-19-12-10-18(11-13-20-5-2)16(14-17)8-6-15(3)7-9-16/h15H,4-14,17H2,1-3H3. The molecule has 4 nitrogen and oxygen atoms in total. The van der Waals surface area contributed by atoms with Crippen molar-refractivity contribution in [2.24, 2.45) is 11.7 Å². The molecule has 0 aromatic rings. The summed E-state index contributed by atoms with van der Waals surface area (Å²) in [6.07, 6.45) is 5.00. The Bertz CT molecular complexity index is 231. The van der Waals surface area contributed by atoms with Gasteiger partial charge in [0.2, 0.25) is 0 Å². The molecule has 0 bridgehead atoms. The molecule has 2 N–H and O–H groups in total. The van der Waals surface area contributed by atoms with Gasteiger partial charge in [-0.05, 0) is 45.4 Å². The van der Waals surface area contributed by atoms with Crippen LogP contribution in [0, 0.1) is 5.92 Å². The van der Waals surface area contributed by atoms with Gasteiger partial charge in [-0.15, -0.1) is 0 Å². The highest BCUT2D eigenvalue weighted by molar-refractivity contribution is 4.95. The molecule has 1 fully saturated rings. The second kappa shape index (κ2) is 9.72. The van der Waals surface area contributed by atoms with Crippen molar-refractivity contribution in [2.75, 3.05) is 46.1 Å². The number of rotatable bonds is 10. The van der Waals surface area contributed by atoms with E-state index in [9.17, 15) is 0 Å². The highest BCUT2D eigenvalue weighted by Gasteiger charge is 2.37. The lowest BCUT2D eigenvalue weighted by atomic mass is 9.76. The molecule has 0 unspecified atom stereocenters. The molecular weight excluding hydrogens is 252 g/mol. The normalized spacial score (nSPS) is 27.1. The lowest BCUT2D eigenvalue weighted by molar-refractivity contribution is -0.00175. The van der Waals surface area contributed by atoms with Gasteiger partial charge in [0.25, 0.3) is 0 Å². The summed E-state index contributed by atoms with van der Waals surface area (Å²) in [7, 11) is 0. The lowest BCUT2D eigenvalue weighted by Crippen LogP contribution is -2.57. The van der Waals surface area contributed by atoms with Crippen molar-refractivity contribution in [3.63, 3.8) is 0 Å². The van der Waals surface area contributed by atoms with Gasteiger partial charge in [-0.3, -0.25) is 4.90 Å². The summed E-state index contributed by atoms with van der Waals surface area (Å²) in [5, 5.41) is 0. The maximum Gasteiger partial charge on any atom is 0.0593 e. The van der Waals surface area contributed by atoms with Crippen molar-refractivity contribution in [2.45, 2.75) is 52.0 Å². The Kier molecular flexibility index (Phi) is 8.69. The monoisotopic (exact) mass is 286 g/mol. The van der Waals surface area contributed by atoms with Crippen molar-refractivity contribution in [3.05, 3.63) is 0 Å². The molecule has 1 aliphatic carbocycles. The fourth-order valence-electron chi connectivity index (χ4n) is 3.17. The van der Waals surface area contributed by atoms with Gasteiger partial charge in [-0.1, -0.05) is 6.92 Å². The average Bonchev–Trinajstić information content (AvgIpc) is 2.47. The first-order chi connectivity index (χ1) is 9.68. The first kappa shape index (κ1) is 17.9. The largest absolute Gasteiger partial charge is 0.380 e. The lowest BCUT2D eigenvalue weighted by Gasteiger charge is -2.47. The molecule has 0 aliphatic heterocycles. The highest BCUT2D eigenvalue weighted by Crippen LogP contribution is 2.35. The van der Waals surface area contributed by atoms with Crippen LogP contribution in [0.5, 0.6) is 0 Å². The minimum absolute atomic E-state index is 0.167. The Labute approximate surface area is 125 Å². The van der Waals surface area contributed by atoms with Gasteiger partial charge in [0.05, 0.1) is 13.2 Å². The molecule has 0 amide bonds. The van der Waals surface area contributed by atoms with Gasteiger partial charge in [-0.2, -0.15) is 0 Å². The summed E-state index contributed by atoms with van der Waals surface area (Å²) >= 11 is 0. The van der Waals surface area contributed by atoms with Crippen LogP contribution in [0.1, 0.15) is 46.5 Å². The zero-order chi connectivity index (χ0) is 14.8. The molecule has 20 heavy (non-hydrogen) atoms. The fourth-order valence-corrected chi connectivity index (χ4v) is 3.17. The Balaban J connectivity index is 2.60. The summed E-state index contributed by atoms with van der Waals surface area (Å²) < 4.78 is 11.1. The van der Waals surface area contributed by atoms with E-state index in [-0.39, 0.29) is 5.54 Å². The van der Waals surface area contributed by atoms with Crippen LogP contribution in [0.4, 0.5) is 0 Å². The van der Waals surface area contributed by atoms with Gasteiger partial charge in [0, 0.05) is 38.4 Å². The smallest absolute Gasteiger partial charge is 0.0593 e. The summed E-state index contributed by atoms with van der Waals surface area (Å²) in [6.45, 7) is 12.3. The summed E-state index contributed by atoms with van der Waals surface area (Å²) in [5.41, 5.74) is 6.34. The topological polar surface area (TPSA) is 47.7 Å². The molecule has 0 aromatic carbocycles. The molecular formula is C16H34N2O2. The van der Waals surface area contributed by atoms with Crippen LogP contribution in [0.25, 0.3) is 0 Å². The Morgan fingerprint density at radius 3 is 1.95 bits per heavy atom. The molecule has 1 rings (SSSR count). The molecule has 4 heteroatoms. The first-order valence-electron chi connectivity index (χ1n) is 8.29. The fraction of sp³-hybridized carbons (Fsp3) is 1.00. The van der Waals surface area contributed by atoms with Gasteiger partial charge >= 0.3 is 0 Å². The molecule has 0 saturated heterocycles. The van der Waals surface area contributed by atoms with Gasteiger partial charge in [0.1, 0.15) is 0 Å². The van der Waals surface area contributed by atoms with Crippen molar-refractivity contribution >= 4 is 0 Å². The second-order valence-corrected chi connectivity index (χ2v) is 5.99. The molecule has 1 aliphatic rings. The van der Waals surface area contributed by atoms with E-state index >= 15 is 0 Å². The Morgan fingerprint density at radius 2 is 1.55 bits per heavy atom. The maximum absolute atomic E-state index is 6.17. The number of hydrogen-bond donors (Lipinski definition) is 1. The molecule has 120 valence electrons. The zero-order valence-electron chi connectivity index (χ0n) is 13.7. The van der Waals surface area contributed by atoms with E-state index in [1.54, 1.807) is 0 Å². The quantitative estimate of drug-likeness (QED) is 0.626. The van der Waals surface area contributed by atoms with Crippen LogP contribution in [-0.2, 0) is 9.47 Å². The third-order valence-electron chi connectivity index (χ3n) is 4.68. The third-order valence-corrected chi connectivity index (χ3v) is 4.68. The number of nitrogens with zero attached hydrogens (tertiary/aromatic N) is 1. The Hall–Kier alpha value is -0.160. The number of ether oxygens (including phenoxy) is 2. The summed E-state index contributed by atoms with van der Waals surface area (Å²) in [4.78, 5) is 2.53. The predicted octanol–water partition coefficient (Wildman–Crippen LogP) is 2.27. The molecule has 0 spiro atoms. The highest BCUT2D eigenvalue weighted by atomic mass is 16.5. The van der Waals surface area contributed by atoms with Crippen LogP contribution < -0.4 is 5.73 Å². The predicted molar refractivity (Wildman–Crippen MR) is 84.0 cm³/mol. The van der Waals surface area contributed by atoms with Gasteiger partial charge < -0.3 is 15.2 Å². The number of hydrogen-bond acceptors (Lipinski definition) is 4. The van der Waals surface area contributed by atoms with Crippen LogP contribution in [0.3, 0.4) is 0 Å². The van der Waals surface area contributed by atoms with Crippen LogP contribution in [0.2, 0.25) is 0 Å². The molecule has 0 heterocycles. The second-order valence-electron chi connectivity index (χ2n) is 5.99. The molecule has 1 saturated carbocycles. The summed E-state index contributed by atoms with van der Waals surface area (Å²) in [6, 6.07) is 0. The van der Waals surface area contributed by atoms with E-state index in [1.807, 2.05) is 13.8 Å². The van der Waals surface area contributed by atoms with E-state index in [1.165, 1.54) is 25.7 Å². The summed E-state index contributed by atoms with van der Waals surface area (Å²) in [5.74, 6) is 0.843.